The highest BCUT2D eigenvalue weighted by molar-refractivity contribution is 5.94. The van der Waals surface area contributed by atoms with Gasteiger partial charge in [-0.3, -0.25) is 9.59 Å². The molecule has 1 amide bonds. The summed E-state index contributed by atoms with van der Waals surface area (Å²) in [6.45, 7) is 2.54. The van der Waals surface area contributed by atoms with E-state index in [4.69, 9.17) is 0 Å². The molecular formula is C23H26N2O2. The Labute approximate surface area is 159 Å². The number of likely N-dealkylation sites (N-methyl/N-ethyl adjacent to an activating group) is 1. The van der Waals surface area contributed by atoms with E-state index in [-0.39, 0.29) is 17.9 Å². The van der Waals surface area contributed by atoms with Crippen LogP contribution in [0.15, 0.2) is 53.3 Å². The zero-order valence-corrected chi connectivity index (χ0v) is 16.0. The van der Waals surface area contributed by atoms with Gasteiger partial charge in [-0.15, -0.1) is 0 Å². The molecule has 140 valence electrons. The molecule has 4 nitrogen and oxygen atoms in total. The minimum atomic E-state index is 0.0273. The third-order valence-corrected chi connectivity index (χ3v) is 6.10. The fourth-order valence-electron chi connectivity index (χ4n) is 4.33. The quantitative estimate of drug-likeness (QED) is 0.656. The number of pyridine rings is 1. The van der Waals surface area contributed by atoms with Crippen LogP contribution in [0.4, 0.5) is 0 Å². The van der Waals surface area contributed by atoms with Crippen molar-refractivity contribution in [2.75, 3.05) is 7.05 Å². The number of benzene rings is 2. The summed E-state index contributed by atoms with van der Waals surface area (Å²) in [6, 6.07) is 15.5. The van der Waals surface area contributed by atoms with Crippen molar-refractivity contribution in [2.24, 2.45) is 5.92 Å². The summed E-state index contributed by atoms with van der Waals surface area (Å²) >= 11 is 0. The Hall–Kier alpha value is -2.62. The maximum absolute atomic E-state index is 13.1. The van der Waals surface area contributed by atoms with Crippen LogP contribution in [0.25, 0.3) is 21.8 Å². The predicted molar refractivity (Wildman–Crippen MR) is 110 cm³/mol. The van der Waals surface area contributed by atoms with E-state index in [1.54, 1.807) is 0 Å². The average Bonchev–Trinajstić information content (AvgIpc) is 2.71. The maximum atomic E-state index is 13.1. The first-order valence-electron chi connectivity index (χ1n) is 9.82. The number of hydrogen-bond donors (Lipinski definition) is 0. The molecule has 0 aliphatic heterocycles. The third-order valence-electron chi connectivity index (χ3n) is 6.10. The molecule has 0 spiro atoms. The van der Waals surface area contributed by atoms with E-state index in [0.717, 1.165) is 29.8 Å². The van der Waals surface area contributed by atoms with Crippen LogP contribution in [0.3, 0.4) is 0 Å². The third kappa shape index (κ3) is 3.25. The Bertz CT molecular complexity index is 985. The first kappa shape index (κ1) is 17.8. The molecule has 0 unspecified atom stereocenters. The lowest BCUT2D eigenvalue weighted by Gasteiger charge is -2.34. The van der Waals surface area contributed by atoms with E-state index in [1.165, 1.54) is 12.8 Å². The van der Waals surface area contributed by atoms with Gasteiger partial charge in [-0.1, -0.05) is 31.2 Å². The fraction of sp³-hybridized carbons (Fsp3) is 0.391. The van der Waals surface area contributed by atoms with E-state index < -0.39 is 0 Å². The van der Waals surface area contributed by atoms with Crippen LogP contribution in [0.2, 0.25) is 0 Å². The second-order valence-corrected chi connectivity index (χ2v) is 7.87. The topological polar surface area (TPSA) is 42.3 Å². The van der Waals surface area contributed by atoms with Crippen LogP contribution in [-0.4, -0.2) is 28.5 Å². The van der Waals surface area contributed by atoms with Crippen LogP contribution < -0.4 is 5.43 Å². The van der Waals surface area contributed by atoms with Crippen molar-refractivity contribution in [1.29, 1.82) is 0 Å². The van der Waals surface area contributed by atoms with Crippen molar-refractivity contribution < 1.29 is 4.79 Å². The number of hydrogen-bond acceptors (Lipinski definition) is 2. The van der Waals surface area contributed by atoms with Gasteiger partial charge < -0.3 is 9.47 Å². The Balaban J connectivity index is 1.73. The van der Waals surface area contributed by atoms with Gasteiger partial charge in [0.2, 0.25) is 5.91 Å². The molecule has 0 atom stereocenters. The molecule has 0 bridgehead atoms. The van der Waals surface area contributed by atoms with Crippen molar-refractivity contribution in [3.63, 3.8) is 0 Å². The van der Waals surface area contributed by atoms with Gasteiger partial charge in [-0.2, -0.15) is 0 Å². The van der Waals surface area contributed by atoms with Crippen molar-refractivity contribution in [2.45, 2.75) is 45.2 Å². The molecule has 0 saturated heterocycles. The summed E-state index contributed by atoms with van der Waals surface area (Å²) < 4.78 is 2.00. The zero-order valence-electron chi connectivity index (χ0n) is 16.0. The molecule has 3 aromatic rings. The van der Waals surface area contributed by atoms with Gasteiger partial charge in [-0.05, 0) is 55.9 Å². The zero-order chi connectivity index (χ0) is 19.0. The van der Waals surface area contributed by atoms with Crippen LogP contribution >= 0.6 is 0 Å². The number of para-hydroxylation sites is 2. The van der Waals surface area contributed by atoms with E-state index >= 15 is 0 Å². The maximum Gasteiger partial charge on any atom is 0.242 e. The summed E-state index contributed by atoms with van der Waals surface area (Å²) in [5, 5.41) is 1.33. The lowest BCUT2D eigenvalue weighted by Crippen LogP contribution is -2.41. The summed E-state index contributed by atoms with van der Waals surface area (Å²) in [4.78, 5) is 27.8. The highest BCUT2D eigenvalue weighted by Crippen LogP contribution is 2.27. The molecule has 4 heteroatoms. The number of fused-ring (bicyclic) bond motifs is 2. The van der Waals surface area contributed by atoms with Gasteiger partial charge >= 0.3 is 0 Å². The molecule has 1 fully saturated rings. The van der Waals surface area contributed by atoms with Gasteiger partial charge in [0, 0.05) is 23.9 Å². The summed E-state index contributed by atoms with van der Waals surface area (Å²) in [5.41, 5.74) is 1.67. The van der Waals surface area contributed by atoms with Crippen LogP contribution in [0.5, 0.6) is 0 Å². The van der Waals surface area contributed by atoms with Crippen molar-refractivity contribution in [3.05, 3.63) is 58.8 Å². The normalized spacial score (nSPS) is 20.1. The van der Waals surface area contributed by atoms with Gasteiger partial charge in [0.25, 0.3) is 0 Å². The molecule has 2 aromatic carbocycles. The van der Waals surface area contributed by atoms with E-state index in [0.29, 0.717) is 16.8 Å². The first-order valence-corrected chi connectivity index (χ1v) is 9.82. The number of carbonyl (C=O) groups is 1. The molecule has 4 rings (SSSR count). The minimum Gasteiger partial charge on any atom is -0.341 e. The summed E-state index contributed by atoms with van der Waals surface area (Å²) in [6.07, 6.45) is 4.53. The largest absolute Gasteiger partial charge is 0.341 e. The van der Waals surface area contributed by atoms with E-state index in [1.807, 2.05) is 65.0 Å². The highest BCUT2D eigenvalue weighted by Gasteiger charge is 2.25. The van der Waals surface area contributed by atoms with Crippen LogP contribution in [0.1, 0.15) is 32.6 Å². The van der Waals surface area contributed by atoms with Crippen LogP contribution in [0, 0.1) is 5.92 Å². The smallest absolute Gasteiger partial charge is 0.242 e. The fourth-order valence-corrected chi connectivity index (χ4v) is 4.33. The molecule has 0 N–H and O–H groups in total. The van der Waals surface area contributed by atoms with E-state index in [2.05, 4.69) is 6.92 Å². The Morgan fingerprint density at radius 1 is 0.963 bits per heavy atom. The summed E-state index contributed by atoms with van der Waals surface area (Å²) in [7, 11) is 1.93. The average molecular weight is 362 g/mol. The number of rotatable bonds is 3. The second kappa shape index (κ2) is 7.18. The molecule has 1 aromatic heterocycles. The lowest BCUT2D eigenvalue weighted by molar-refractivity contribution is -0.133. The standard InChI is InChI=1S/C23H26N2O2/c1-16-11-13-17(14-12-16)24(2)22(26)15-25-20-9-5-3-7-18(20)23(27)19-8-4-6-10-21(19)25/h3-10,16-17H,11-15H2,1-2H3. The SMILES string of the molecule is CC1CCC(N(C)C(=O)Cn2c3ccccc3c(=O)c3ccccc32)CC1. The number of carbonyl (C=O) groups excluding carboxylic acids is 1. The molecular weight excluding hydrogens is 336 g/mol. The number of aromatic nitrogens is 1. The molecule has 1 heterocycles. The highest BCUT2D eigenvalue weighted by atomic mass is 16.2. The van der Waals surface area contributed by atoms with Crippen LogP contribution in [-0.2, 0) is 11.3 Å². The van der Waals surface area contributed by atoms with Crippen molar-refractivity contribution >= 4 is 27.7 Å². The van der Waals surface area contributed by atoms with Crippen molar-refractivity contribution in [1.82, 2.24) is 9.47 Å². The molecule has 27 heavy (non-hydrogen) atoms. The molecule has 1 saturated carbocycles. The number of nitrogens with zero attached hydrogens (tertiary/aromatic N) is 2. The van der Waals surface area contributed by atoms with Gasteiger partial charge in [0.15, 0.2) is 5.43 Å². The Kier molecular flexibility index (Phi) is 4.73. The summed E-state index contributed by atoms with van der Waals surface area (Å²) in [5.74, 6) is 0.866. The number of amides is 1. The molecule has 1 aliphatic rings. The minimum absolute atomic E-state index is 0.0273. The predicted octanol–water partition coefficient (Wildman–Crippen LogP) is 4.19. The van der Waals surface area contributed by atoms with Gasteiger partial charge in [-0.25, -0.2) is 0 Å². The monoisotopic (exact) mass is 362 g/mol. The van der Waals surface area contributed by atoms with Crippen molar-refractivity contribution in [3.8, 4) is 0 Å². The lowest BCUT2D eigenvalue weighted by atomic mass is 9.87. The van der Waals surface area contributed by atoms with Gasteiger partial charge in [0.05, 0.1) is 11.0 Å². The van der Waals surface area contributed by atoms with E-state index in [9.17, 15) is 9.59 Å². The Morgan fingerprint density at radius 2 is 1.48 bits per heavy atom. The molecule has 0 radical (unpaired) electrons. The molecule has 1 aliphatic carbocycles. The van der Waals surface area contributed by atoms with Gasteiger partial charge in [0.1, 0.15) is 6.54 Å². The second-order valence-electron chi connectivity index (χ2n) is 7.87. The Morgan fingerprint density at radius 3 is 2.04 bits per heavy atom. The first-order chi connectivity index (χ1) is 13.1.